The van der Waals surface area contributed by atoms with Gasteiger partial charge in [0.15, 0.2) is 23.2 Å². The minimum Gasteiger partial charge on any atom is -0.489 e. The third-order valence-electron chi connectivity index (χ3n) is 7.50. The molecule has 0 N–H and O–H groups in total. The van der Waals surface area contributed by atoms with Crippen molar-refractivity contribution in [3.8, 4) is 5.75 Å². The molecule has 0 bridgehead atoms. The molecule has 1 aliphatic rings. The summed E-state index contributed by atoms with van der Waals surface area (Å²) in [6, 6.07) is 19.1. The van der Waals surface area contributed by atoms with Gasteiger partial charge >= 0.3 is 0 Å². The number of aliphatic imine (C=N–C) groups is 1. The maximum absolute atomic E-state index is 15.3. The van der Waals surface area contributed by atoms with Crippen molar-refractivity contribution < 1.29 is 31.9 Å². The molecule has 1 aliphatic heterocycles. The van der Waals surface area contributed by atoms with Gasteiger partial charge in [-0.2, -0.15) is 0 Å². The molecule has 2 unspecified atom stereocenters. The van der Waals surface area contributed by atoms with E-state index in [-0.39, 0.29) is 25.2 Å². The van der Waals surface area contributed by atoms with Crippen LogP contribution in [0.3, 0.4) is 0 Å². The minimum absolute atomic E-state index is 0.0709. The predicted octanol–water partition coefficient (Wildman–Crippen LogP) is 7.82. The molecule has 1 heterocycles. The summed E-state index contributed by atoms with van der Waals surface area (Å²) in [5, 5.41) is 0. The lowest BCUT2D eigenvalue weighted by Crippen LogP contribution is -2.25. The highest BCUT2D eigenvalue weighted by Crippen LogP contribution is 2.40. The molecule has 0 aromatic heterocycles. The van der Waals surface area contributed by atoms with Gasteiger partial charge in [-0.3, -0.25) is 14.6 Å². The number of benzene rings is 4. The van der Waals surface area contributed by atoms with Gasteiger partial charge < -0.3 is 4.74 Å². The normalized spacial score (nSPS) is 16.3. The molecule has 8 heteroatoms. The van der Waals surface area contributed by atoms with Crippen LogP contribution in [0.4, 0.5) is 17.6 Å². The third-order valence-corrected chi connectivity index (χ3v) is 7.50. The molecule has 0 fully saturated rings. The van der Waals surface area contributed by atoms with Crippen LogP contribution in [0, 0.1) is 23.3 Å². The lowest BCUT2D eigenvalue weighted by molar-refractivity contribution is 0.0948. The molecule has 0 radical (unpaired) electrons. The summed E-state index contributed by atoms with van der Waals surface area (Å²) in [5.41, 5.74) is 1.75. The Kier molecular flexibility index (Phi) is 8.34. The molecule has 0 saturated carbocycles. The average Bonchev–Trinajstić information content (AvgIpc) is 3.44. The number of ketones is 2. The van der Waals surface area contributed by atoms with E-state index in [1.807, 2.05) is 0 Å². The van der Waals surface area contributed by atoms with E-state index in [0.717, 1.165) is 0 Å². The van der Waals surface area contributed by atoms with Crippen molar-refractivity contribution in [2.75, 3.05) is 0 Å². The van der Waals surface area contributed by atoms with Crippen molar-refractivity contribution in [1.82, 2.24) is 0 Å². The van der Waals surface area contributed by atoms with E-state index >= 15 is 4.39 Å². The van der Waals surface area contributed by atoms with Crippen LogP contribution in [0.25, 0.3) is 0 Å². The van der Waals surface area contributed by atoms with Gasteiger partial charge in [-0.25, -0.2) is 17.6 Å². The first kappa shape index (κ1) is 28.9. The summed E-state index contributed by atoms with van der Waals surface area (Å²) in [7, 11) is 0. The van der Waals surface area contributed by atoms with Crippen LogP contribution in [-0.2, 0) is 13.0 Å². The van der Waals surface area contributed by atoms with E-state index in [1.54, 1.807) is 48.5 Å². The summed E-state index contributed by atoms with van der Waals surface area (Å²) in [4.78, 5) is 30.6. The average molecular weight is 574 g/mol. The van der Waals surface area contributed by atoms with Gasteiger partial charge in [-0.05, 0) is 49.6 Å². The topological polar surface area (TPSA) is 55.7 Å². The fraction of sp³-hybridized carbons (Fsp3) is 0.206. The molecule has 42 heavy (non-hydrogen) atoms. The Morgan fingerprint density at radius 1 is 0.881 bits per heavy atom. The van der Waals surface area contributed by atoms with E-state index in [4.69, 9.17) is 4.74 Å². The highest BCUT2D eigenvalue weighted by molar-refractivity contribution is 6.09. The van der Waals surface area contributed by atoms with Crippen molar-refractivity contribution in [3.05, 3.63) is 136 Å². The number of hydrogen-bond donors (Lipinski definition) is 0. The van der Waals surface area contributed by atoms with E-state index in [1.165, 1.54) is 38.1 Å². The van der Waals surface area contributed by atoms with Crippen LogP contribution in [0.1, 0.15) is 69.2 Å². The molecule has 2 atom stereocenters. The van der Waals surface area contributed by atoms with Crippen LogP contribution >= 0.6 is 0 Å². The summed E-state index contributed by atoms with van der Waals surface area (Å²) in [5.74, 6) is -5.35. The van der Waals surface area contributed by atoms with E-state index in [2.05, 4.69) is 4.99 Å². The Morgan fingerprint density at radius 2 is 1.57 bits per heavy atom. The second-order valence-electron chi connectivity index (χ2n) is 10.1. The summed E-state index contributed by atoms with van der Waals surface area (Å²) in [6.07, 6.45) is 0.0741. The standard InChI is InChI=1S/C34H27F4NO3/c1-3-23-31(37)27(16-28(36)32(23)38)34(41)33-26(17-29(39-33)20-12-14-22(35)15-13-20)25-10-6-7-11-30(25)42-18-21-8-4-5-9-24(21)19(2)40/h4-16,26,33H,3,17-18H2,1-2H3. The van der Waals surface area contributed by atoms with Crippen molar-refractivity contribution in [3.63, 3.8) is 0 Å². The first-order chi connectivity index (χ1) is 20.2. The van der Waals surface area contributed by atoms with E-state index in [9.17, 15) is 22.8 Å². The number of carbonyl (C=O) groups excluding carboxylic acids is 2. The lowest BCUT2D eigenvalue weighted by atomic mass is 9.84. The largest absolute Gasteiger partial charge is 0.489 e. The molecular weight excluding hydrogens is 546 g/mol. The van der Waals surface area contributed by atoms with Crippen molar-refractivity contribution >= 4 is 17.3 Å². The van der Waals surface area contributed by atoms with E-state index < -0.39 is 52.1 Å². The summed E-state index contributed by atoms with van der Waals surface area (Å²) >= 11 is 0. The fourth-order valence-electron chi connectivity index (χ4n) is 5.36. The van der Waals surface area contributed by atoms with Crippen molar-refractivity contribution in [1.29, 1.82) is 0 Å². The number of hydrogen-bond acceptors (Lipinski definition) is 4. The van der Waals surface area contributed by atoms with Gasteiger partial charge in [0.2, 0.25) is 0 Å². The van der Waals surface area contributed by atoms with Gasteiger partial charge in [0.25, 0.3) is 0 Å². The van der Waals surface area contributed by atoms with Crippen LogP contribution in [0.2, 0.25) is 0 Å². The van der Waals surface area contributed by atoms with Crippen LogP contribution < -0.4 is 4.74 Å². The zero-order valence-corrected chi connectivity index (χ0v) is 23.0. The first-order valence-electron chi connectivity index (χ1n) is 13.5. The Bertz CT molecular complexity index is 1700. The monoisotopic (exact) mass is 573 g/mol. The summed E-state index contributed by atoms with van der Waals surface area (Å²) < 4.78 is 63.9. The number of Topliss-reactive ketones (excluding diaryl/α,β-unsaturated/α-hetero) is 2. The molecule has 0 amide bonds. The highest BCUT2D eigenvalue weighted by Gasteiger charge is 2.39. The van der Waals surface area contributed by atoms with Crippen LogP contribution in [-0.4, -0.2) is 23.3 Å². The van der Waals surface area contributed by atoms with Crippen molar-refractivity contribution in [2.24, 2.45) is 4.99 Å². The van der Waals surface area contributed by atoms with Gasteiger partial charge in [0.1, 0.15) is 30.0 Å². The van der Waals surface area contributed by atoms with Gasteiger partial charge in [0.05, 0.1) is 5.56 Å². The first-order valence-corrected chi connectivity index (χ1v) is 13.5. The number of carbonyl (C=O) groups is 2. The highest BCUT2D eigenvalue weighted by atomic mass is 19.2. The SMILES string of the molecule is CCc1c(F)c(F)cc(C(=O)C2N=C(c3ccc(F)cc3)CC2c2ccccc2OCc2ccccc2C(C)=O)c1F. The molecule has 214 valence electrons. The molecule has 4 nitrogen and oxygen atoms in total. The number of nitrogens with zero attached hydrogens (tertiary/aromatic N) is 1. The second-order valence-corrected chi connectivity index (χ2v) is 10.1. The van der Waals surface area contributed by atoms with Gasteiger partial charge in [0, 0.05) is 33.9 Å². The van der Waals surface area contributed by atoms with Crippen LogP contribution in [0.15, 0.2) is 83.9 Å². The molecule has 0 spiro atoms. The molecule has 0 aliphatic carbocycles. The Balaban J connectivity index is 1.55. The second kappa shape index (κ2) is 12.1. The number of para-hydroxylation sites is 1. The lowest BCUT2D eigenvalue weighted by Gasteiger charge is -2.22. The number of ether oxygens (including phenoxy) is 1. The Hall–Kier alpha value is -4.59. The van der Waals surface area contributed by atoms with Crippen molar-refractivity contribution in [2.45, 2.75) is 45.3 Å². The quantitative estimate of drug-likeness (QED) is 0.117. The van der Waals surface area contributed by atoms with Gasteiger partial charge in [-0.1, -0.05) is 61.5 Å². The Morgan fingerprint density at radius 3 is 2.29 bits per heavy atom. The number of rotatable bonds is 9. The molecular formula is C34H27F4NO3. The smallest absolute Gasteiger partial charge is 0.190 e. The minimum atomic E-state index is -1.32. The molecule has 4 aromatic rings. The fourth-order valence-corrected chi connectivity index (χ4v) is 5.36. The zero-order chi connectivity index (χ0) is 30.0. The zero-order valence-electron chi connectivity index (χ0n) is 23.0. The molecule has 5 rings (SSSR count). The maximum Gasteiger partial charge on any atom is 0.190 e. The Labute approximate surface area is 240 Å². The van der Waals surface area contributed by atoms with Crippen LogP contribution in [0.5, 0.6) is 5.75 Å². The van der Waals surface area contributed by atoms with E-state index in [0.29, 0.717) is 39.8 Å². The maximum atomic E-state index is 15.3. The number of halogens is 4. The van der Waals surface area contributed by atoms with Gasteiger partial charge in [-0.15, -0.1) is 0 Å². The molecule has 0 saturated heterocycles. The summed E-state index contributed by atoms with van der Waals surface area (Å²) in [6.45, 7) is 3.01. The third kappa shape index (κ3) is 5.62. The predicted molar refractivity (Wildman–Crippen MR) is 151 cm³/mol. The molecule has 4 aromatic carbocycles.